The first-order valence-corrected chi connectivity index (χ1v) is 4.45. The lowest BCUT2D eigenvalue weighted by Gasteiger charge is -2.01. The van der Waals surface area contributed by atoms with Crippen LogP contribution in [0, 0.1) is 0 Å². The summed E-state index contributed by atoms with van der Waals surface area (Å²) in [7, 11) is 0. The fourth-order valence-corrected chi connectivity index (χ4v) is 1.64. The zero-order valence-electron chi connectivity index (χ0n) is 5.64. The van der Waals surface area contributed by atoms with Gasteiger partial charge in [-0.05, 0) is 28.1 Å². The summed E-state index contributed by atoms with van der Waals surface area (Å²) in [6, 6.07) is 2.83. The highest BCUT2D eigenvalue weighted by molar-refractivity contribution is 9.10. The molecule has 5 heteroatoms. The summed E-state index contributed by atoms with van der Waals surface area (Å²) in [5, 5.41) is 9.20. The summed E-state index contributed by atoms with van der Waals surface area (Å²) in [4.78, 5) is 10.6. The predicted molar refractivity (Wildman–Crippen MR) is 51.1 cm³/mol. The smallest absolute Gasteiger partial charge is 0.336 e. The molecule has 0 fully saturated rings. The largest absolute Gasteiger partial charge is 0.478 e. The van der Waals surface area contributed by atoms with Crippen molar-refractivity contribution in [2.24, 2.45) is 0 Å². The Morgan fingerprint density at radius 3 is 2.50 bits per heavy atom. The van der Waals surface area contributed by atoms with Gasteiger partial charge in [0.2, 0.25) is 0 Å². The molecule has 0 aliphatic carbocycles. The number of carboxylic acids is 1. The first kappa shape index (κ1) is 9.84. The molecule has 12 heavy (non-hydrogen) atoms. The van der Waals surface area contributed by atoms with Gasteiger partial charge >= 0.3 is 5.97 Å². The molecule has 0 unspecified atom stereocenters. The van der Waals surface area contributed by atoms with E-state index in [1.165, 1.54) is 12.1 Å². The molecule has 0 radical (unpaired) electrons. The molecule has 0 aliphatic rings. The number of benzene rings is 1. The Labute approximate surface area is 87.2 Å². The molecule has 1 N–H and O–H groups in total. The monoisotopic (exact) mass is 268 g/mol. The minimum absolute atomic E-state index is 0.101. The highest BCUT2D eigenvalue weighted by Crippen LogP contribution is 2.32. The zero-order chi connectivity index (χ0) is 9.30. The van der Waals surface area contributed by atoms with Gasteiger partial charge in [-0.15, -0.1) is 0 Å². The Kier molecular flexibility index (Phi) is 2.99. The van der Waals surface area contributed by atoms with E-state index in [2.05, 4.69) is 15.9 Å². The second kappa shape index (κ2) is 3.64. The lowest BCUT2D eigenvalue weighted by atomic mass is 10.2. The lowest BCUT2D eigenvalue weighted by molar-refractivity contribution is 0.0696. The van der Waals surface area contributed by atoms with Gasteiger partial charge in [0.25, 0.3) is 0 Å². The van der Waals surface area contributed by atoms with Crippen LogP contribution in [0.5, 0.6) is 0 Å². The Morgan fingerprint density at radius 2 is 2.00 bits per heavy atom. The van der Waals surface area contributed by atoms with E-state index in [9.17, 15) is 4.79 Å². The van der Waals surface area contributed by atoms with Crippen LogP contribution in [0.4, 0.5) is 0 Å². The van der Waals surface area contributed by atoms with Gasteiger partial charge in [-0.3, -0.25) is 0 Å². The molecule has 64 valence electrons. The SMILES string of the molecule is O=C(O)c1ccc(Cl)c(Cl)c1Br. The summed E-state index contributed by atoms with van der Waals surface area (Å²) in [6.07, 6.45) is 0. The van der Waals surface area contributed by atoms with E-state index < -0.39 is 5.97 Å². The average molecular weight is 270 g/mol. The van der Waals surface area contributed by atoms with Crippen molar-refractivity contribution in [1.82, 2.24) is 0 Å². The maximum atomic E-state index is 10.6. The molecular weight excluding hydrogens is 267 g/mol. The molecule has 1 aromatic carbocycles. The van der Waals surface area contributed by atoms with Crippen molar-refractivity contribution in [3.05, 3.63) is 32.2 Å². The van der Waals surface area contributed by atoms with Crippen LogP contribution in [0.3, 0.4) is 0 Å². The molecule has 0 aliphatic heterocycles. The van der Waals surface area contributed by atoms with Gasteiger partial charge in [0.15, 0.2) is 0 Å². The average Bonchev–Trinajstić information content (AvgIpc) is 2.00. The Hall–Kier alpha value is -0.250. The van der Waals surface area contributed by atoms with E-state index in [1.807, 2.05) is 0 Å². The van der Waals surface area contributed by atoms with E-state index in [4.69, 9.17) is 28.3 Å². The van der Waals surface area contributed by atoms with Gasteiger partial charge in [-0.25, -0.2) is 4.79 Å². The Morgan fingerprint density at radius 1 is 1.42 bits per heavy atom. The summed E-state index contributed by atoms with van der Waals surface area (Å²) in [6.45, 7) is 0. The van der Waals surface area contributed by atoms with Crippen molar-refractivity contribution in [2.75, 3.05) is 0 Å². The minimum atomic E-state index is -1.04. The van der Waals surface area contributed by atoms with Gasteiger partial charge in [-0.2, -0.15) is 0 Å². The van der Waals surface area contributed by atoms with Crippen molar-refractivity contribution in [2.45, 2.75) is 0 Å². The van der Waals surface area contributed by atoms with Crippen LogP contribution in [0.1, 0.15) is 10.4 Å². The summed E-state index contributed by atoms with van der Waals surface area (Å²) >= 11 is 14.4. The molecule has 0 bridgehead atoms. The highest BCUT2D eigenvalue weighted by Gasteiger charge is 2.12. The summed E-state index contributed by atoms with van der Waals surface area (Å²) in [5.41, 5.74) is 0.101. The molecule has 0 amide bonds. The van der Waals surface area contributed by atoms with E-state index >= 15 is 0 Å². The van der Waals surface area contributed by atoms with E-state index in [1.54, 1.807) is 0 Å². The van der Waals surface area contributed by atoms with Crippen LogP contribution in [-0.2, 0) is 0 Å². The minimum Gasteiger partial charge on any atom is -0.478 e. The number of hydrogen-bond acceptors (Lipinski definition) is 1. The summed E-state index contributed by atoms with van der Waals surface area (Å²) in [5.74, 6) is -1.04. The third kappa shape index (κ3) is 1.73. The molecule has 1 aromatic rings. The quantitative estimate of drug-likeness (QED) is 0.793. The van der Waals surface area contributed by atoms with Crippen LogP contribution in [0.25, 0.3) is 0 Å². The predicted octanol–water partition coefficient (Wildman–Crippen LogP) is 3.45. The van der Waals surface area contributed by atoms with E-state index in [-0.39, 0.29) is 10.6 Å². The Balaban J connectivity index is 3.36. The number of carbonyl (C=O) groups is 1. The van der Waals surface area contributed by atoms with Crippen molar-refractivity contribution < 1.29 is 9.90 Å². The Bertz CT molecular complexity index is 338. The van der Waals surface area contributed by atoms with E-state index in [0.29, 0.717) is 9.50 Å². The van der Waals surface area contributed by atoms with Gasteiger partial charge < -0.3 is 5.11 Å². The van der Waals surface area contributed by atoms with Crippen molar-refractivity contribution in [3.8, 4) is 0 Å². The van der Waals surface area contributed by atoms with Crippen molar-refractivity contribution in [3.63, 3.8) is 0 Å². The van der Waals surface area contributed by atoms with Crippen LogP contribution < -0.4 is 0 Å². The maximum absolute atomic E-state index is 10.6. The molecule has 0 saturated carbocycles. The maximum Gasteiger partial charge on any atom is 0.336 e. The molecule has 0 spiro atoms. The van der Waals surface area contributed by atoms with Crippen molar-refractivity contribution in [1.29, 1.82) is 0 Å². The first-order chi connectivity index (χ1) is 5.54. The number of aromatic carboxylic acids is 1. The van der Waals surface area contributed by atoms with E-state index in [0.717, 1.165) is 0 Å². The standard InChI is InChI=1S/C7H3BrCl2O2/c8-5-3(7(11)12)1-2-4(9)6(5)10/h1-2H,(H,11,12). The van der Waals surface area contributed by atoms with Crippen LogP contribution >= 0.6 is 39.1 Å². The highest BCUT2D eigenvalue weighted by atomic mass is 79.9. The second-order valence-corrected chi connectivity index (χ2v) is 3.61. The summed E-state index contributed by atoms with van der Waals surface area (Å²) < 4.78 is 0.309. The van der Waals surface area contributed by atoms with Gasteiger partial charge in [0.05, 0.1) is 20.1 Å². The fraction of sp³-hybridized carbons (Fsp3) is 0. The molecule has 0 atom stereocenters. The fourth-order valence-electron chi connectivity index (χ4n) is 0.691. The molecule has 2 nitrogen and oxygen atoms in total. The third-order valence-electron chi connectivity index (χ3n) is 1.27. The van der Waals surface area contributed by atoms with Crippen molar-refractivity contribution >= 4 is 45.1 Å². The number of rotatable bonds is 1. The number of halogens is 3. The molecule has 1 rings (SSSR count). The molecular formula is C7H3BrCl2O2. The van der Waals surface area contributed by atoms with Gasteiger partial charge in [0.1, 0.15) is 0 Å². The van der Waals surface area contributed by atoms with Gasteiger partial charge in [0, 0.05) is 0 Å². The number of hydrogen-bond donors (Lipinski definition) is 1. The third-order valence-corrected chi connectivity index (χ3v) is 3.12. The van der Waals surface area contributed by atoms with Gasteiger partial charge in [-0.1, -0.05) is 23.2 Å². The van der Waals surface area contributed by atoms with Crippen LogP contribution in [0.15, 0.2) is 16.6 Å². The lowest BCUT2D eigenvalue weighted by Crippen LogP contribution is -1.97. The first-order valence-electron chi connectivity index (χ1n) is 2.91. The molecule has 0 heterocycles. The number of carboxylic acid groups (broad SMARTS) is 1. The molecule has 0 saturated heterocycles. The topological polar surface area (TPSA) is 37.3 Å². The molecule has 0 aromatic heterocycles. The van der Waals surface area contributed by atoms with Crippen LogP contribution in [0.2, 0.25) is 10.0 Å². The zero-order valence-corrected chi connectivity index (χ0v) is 8.74. The normalized spacial score (nSPS) is 9.92. The second-order valence-electron chi connectivity index (χ2n) is 2.03. The van der Waals surface area contributed by atoms with Crippen LogP contribution in [-0.4, -0.2) is 11.1 Å².